The molecule has 28 heavy (non-hydrogen) atoms. The zero-order valence-corrected chi connectivity index (χ0v) is 16.3. The predicted octanol–water partition coefficient (Wildman–Crippen LogP) is 2.28. The van der Waals surface area contributed by atoms with Crippen LogP contribution in [0.15, 0.2) is 48.5 Å². The van der Waals surface area contributed by atoms with E-state index in [-0.39, 0.29) is 18.4 Å². The maximum absolute atomic E-state index is 12.2. The molecule has 1 saturated heterocycles. The molecular weight excluding hydrogens is 356 g/mol. The quantitative estimate of drug-likeness (QED) is 0.802. The molecule has 0 bridgehead atoms. The smallest absolute Gasteiger partial charge is 0.253 e. The van der Waals surface area contributed by atoms with Gasteiger partial charge >= 0.3 is 0 Å². The van der Waals surface area contributed by atoms with E-state index >= 15 is 0 Å². The number of carbonyl (C=O) groups is 2. The zero-order valence-electron chi connectivity index (χ0n) is 16.3. The van der Waals surface area contributed by atoms with E-state index in [0.717, 1.165) is 43.4 Å². The molecule has 1 aliphatic heterocycles. The van der Waals surface area contributed by atoms with Crippen molar-refractivity contribution in [1.29, 1.82) is 0 Å². The van der Waals surface area contributed by atoms with Crippen LogP contribution in [-0.4, -0.2) is 63.7 Å². The second-order valence-corrected chi connectivity index (χ2v) is 6.83. The summed E-state index contributed by atoms with van der Waals surface area (Å²) in [6.45, 7) is 3.36. The Hall–Kier alpha value is -3.06. The number of hydrogen-bond acceptors (Lipinski definition) is 5. The Morgan fingerprint density at radius 3 is 2.43 bits per heavy atom. The molecule has 0 radical (unpaired) electrons. The number of ether oxygens (including phenoxy) is 1. The summed E-state index contributed by atoms with van der Waals surface area (Å²) in [4.78, 5) is 28.0. The molecule has 2 aromatic carbocycles. The lowest BCUT2D eigenvalue weighted by Gasteiger charge is -2.28. The van der Waals surface area contributed by atoms with Crippen molar-refractivity contribution in [2.75, 3.05) is 62.5 Å². The van der Waals surface area contributed by atoms with Crippen LogP contribution in [0, 0.1) is 0 Å². The molecule has 3 rings (SSSR count). The van der Waals surface area contributed by atoms with E-state index in [4.69, 9.17) is 4.74 Å². The van der Waals surface area contributed by atoms with E-state index in [2.05, 4.69) is 15.5 Å². The minimum Gasteiger partial charge on any atom is -0.378 e. The van der Waals surface area contributed by atoms with Crippen LogP contribution in [0.25, 0.3) is 0 Å². The van der Waals surface area contributed by atoms with Gasteiger partial charge in [0.05, 0.1) is 19.8 Å². The van der Waals surface area contributed by atoms with Crippen LogP contribution in [0.4, 0.5) is 17.1 Å². The molecule has 148 valence electrons. The highest BCUT2D eigenvalue weighted by Crippen LogP contribution is 2.19. The number of nitrogens with one attached hydrogen (secondary N) is 2. The molecule has 0 aliphatic carbocycles. The summed E-state index contributed by atoms with van der Waals surface area (Å²) in [5.41, 5.74) is 3.18. The number of rotatable bonds is 6. The first kappa shape index (κ1) is 19.7. The van der Waals surface area contributed by atoms with Gasteiger partial charge in [-0.25, -0.2) is 0 Å². The van der Waals surface area contributed by atoms with Crippen LogP contribution in [0.1, 0.15) is 10.4 Å². The largest absolute Gasteiger partial charge is 0.378 e. The van der Waals surface area contributed by atoms with E-state index in [1.165, 1.54) is 4.90 Å². The fourth-order valence-electron chi connectivity index (χ4n) is 2.99. The maximum atomic E-state index is 12.2. The first-order chi connectivity index (χ1) is 13.5. The van der Waals surface area contributed by atoms with Crippen molar-refractivity contribution in [3.05, 3.63) is 54.1 Å². The van der Waals surface area contributed by atoms with Gasteiger partial charge in [0.2, 0.25) is 5.91 Å². The SMILES string of the molecule is CN(C)C(=O)c1cccc(NCC(=O)Nc2ccc(N3CCOCC3)cc2)c1. The highest BCUT2D eigenvalue weighted by Gasteiger charge is 2.11. The van der Waals surface area contributed by atoms with E-state index in [1.54, 1.807) is 32.3 Å². The Labute approximate surface area is 165 Å². The van der Waals surface area contributed by atoms with Crippen LogP contribution in [0.5, 0.6) is 0 Å². The summed E-state index contributed by atoms with van der Waals surface area (Å²) in [6, 6.07) is 14.9. The van der Waals surface area contributed by atoms with Crippen LogP contribution in [-0.2, 0) is 9.53 Å². The van der Waals surface area contributed by atoms with Gasteiger partial charge in [0, 0.05) is 49.8 Å². The summed E-state index contributed by atoms with van der Waals surface area (Å²) in [5, 5.41) is 5.94. The van der Waals surface area contributed by atoms with Crippen LogP contribution in [0.2, 0.25) is 0 Å². The Balaban J connectivity index is 1.52. The van der Waals surface area contributed by atoms with Gasteiger partial charge in [-0.2, -0.15) is 0 Å². The Bertz CT molecular complexity index is 815. The number of hydrogen-bond donors (Lipinski definition) is 2. The fraction of sp³-hybridized carbons (Fsp3) is 0.333. The second-order valence-electron chi connectivity index (χ2n) is 6.83. The Morgan fingerprint density at radius 1 is 1.04 bits per heavy atom. The number of carbonyl (C=O) groups excluding carboxylic acids is 2. The predicted molar refractivity (Wildman–Crippen MR) is 111 cm³/mol. The number of morpholine rings is 1. The second kappa shape index (κ2) is 9.23. The summed E-state index contributed by atoms with van der Waals surface area (Å²) < 4.78 is 5.37. The Kier molecular flexibility index (Phi) is 6.49. The van der Waals surface area contributed by atoms with Crippen molar-refractivity contribution >= 4 is 28.9 Å². The summed E-state index contributed by atoms with van der Waals surface area (Å²) in [7, 11) is 3.42. The van der Waals surface area contributed by atoms with Gasteiger partial charge in [-0.1, -0.05) is 6.07 Å². The molecule has 0 unspecified atom stereocenters. The minimum atomic E-state index is -0.150. The first-order valence-corrected chi connectivity index (χ1v) is 9.31. The van der Waals surface area contributed by atoms with Gasteiger partial charge in [-0.15, -0.1) is 0 Å². The monoisotopic (exact) mass is 382 g/mol. The molecule has 2 aromatic rings. The van der Waals surface area contributed by atoms with E-state index in [1.807, 2.05) is 30.3 Å². The lowest BCUT2D eigenvalue weighted by Crippen LogP contribution is -2.36. The number of nitrogens with zero attached hydrogens (tertiary/aromatic N) is 2. The lowest BCUT2D eigenvalue weighted by atomic mass is 10.2. The topological polar surface area (TPSA) is 73.9 Å². The fourth-order valence-corrected chi connectivity index (χ4v) is 2.99. The molecule has 1 aliphatic rings. The van der Waals surface area contributed by atoms with E-state index in [9.17, 15) is 9.59 Å². The zero-order chi connectivity index (χ0) is 19.9. The molecule has 0 saturated carbocycles. The van der Waals surface area contributed by atoms with Gasteiger partial charge < -0.3 is 25.2 Å². The normalized spacial score (nSPS) is 13.7. The molecule has 1 fully saturated rings. The highest BCUT2D eigenvalue weighted by atomic mass is 16.5. The van der Waals surface area contributed by atoms with Gasteiger partial charge in [0.25, 0.3) is 5.91 Å². The average Bonchev–Trinajstić information content (AvgIpc) is 2.73. The number of amides is 2. The van der Waals surface area contributed by atoms with E-state index in [0.29, 0.717) is 5.56 Å². The lowest BCUT2D eigenvalue weighted by molar-refractivity contribution is -0.114. The average molecular weight is 382 g/mol. The molecule has 1 heterocycles. The maximum Gasteiger partial charge on any atom is 0.253 e. The molecule has 2 amide bonds. The van der Waals surface area contributed by atoms with Gasteiger partial charge in [0.15, 0.2) is 0 Å². The molecule has 0 aromatic heterocycles. The summed E-state index contributed by atoms with van der Waals surface area (Å²) in [6.07, 6.45) is 0. The third kappa shape index (κ3) is 5.23. The number of benzene rings is 2. The van der Waals surface area contributed by atoms with Crippen LogP contribution < -0.4 is 15.5 Å². The van der Waals surface area contributed by atoms with Crippen molar-refractivity contribution in [3.63, 3.8) is 0 Å². The highest BCUT2D eigenvalue weighted by molar-refractivity contribution is 5.96. The molecule has 0 spiro atoms. The Morgan fingerprint density at radius 2 is 1.75 bits per heavy atom. The van der Waals surface area contributed by atoms with Crippen LogP contribution in [0.3, 0.4) is 0 Å². The molecule has 0 atom stereocenters. The molecular formula is C21H26N4O3. The van der Waals surface area contributed by atoms with E-state index < -0.39 is 0 Å². The summed E-state index contributed by atoms with van der Waals surface area (Å²) >= 11 is 0. The van der Waals surface area contributed by atoms with Crippen molar-refractivity contribution in [3.8, 4) is 0 Å². The van der Waals surface area contributed by atoms with Gasteiger partial charge in [0.1, 0.15) is 0 Å². The summed E-state index contributed by atoms with van der Waals surface area (Å²) in [5.74, 6) is -0.225. The molecule has 7 nitrogen and oxygen atoms in total. The first-order valence-electron chi connectivity index (χ1n) is 9.31. The molecule has 2 N–H and O–H groups in total. The third-order valence-corrected chi connectivity index (χ3v) is 4.50. The van der Waals surface area contributed by atoms with Crippen LogP contribution >= 0.6 is 0 Å². The van der Waals surface area contributed by atoms with Gasteiger partial charge in [-0.05, 0) is 42.5 Å². The van der Waals surface area contributed by atoms with Gasteiger partial charge in [-0.3, -0.25) is 9.59 Å². The number of anilines is 3. The van der Waals surface area contributed by atoms with Crippen molar-refractivity contribution in [1.82, 2.24) is 4.90 Å². The van der Waals surface area contributed by atoms with Crippen molar-refractivity contribution in [2.24, 2.45) is 0 Å². The minimum absolute atomic E-state index is 0.0755. The molecule has 7 heteroatoms. The van der Waals surface area contributed by atoms with Crippen molar-refractivity contribution in [2.45, 2.75) is 0 Å². The third-order valence-electron chi connectivity index (χ3n) is 4.50. The van der Waals surface area contributed by atoms with Crippen molar-refractivity contribution < 1.29 is 14.3 Å². The standard InChI is InChI=1S/C21H26N4O3/c1-24(2)21(27)16-4-3-5-18(14-16)22-15-20(26)23-17-6-8-19(9-7-17)25-10-12-28-13-11-25/h3-9,14,22H,10-13,15H2,1-2H3,(H,23,26).